The summed E-state index contributed by atoms with van der Waals surface area (Å²) in [5.41, 5.74) is 4.73. The minimum Gasteiger partial charge on any atom is -0.296 e. The van der Waals surface area contributed by atoms with Gasteiger partial charge in [0.05, 0.1) is 0 Å². The average Bonchev–Trinajstić information content (AvgIpc) is 3.15. The number of nitrogens with zero attached hydrogens (tertiary/aromatic N) is 3. The van der Waals surface area contributed by atoms with E-state index >= 15 is 0 Å². The Bertz CT molecular complexity index is 955. The van der Waals surface area contributed by atoms with Gasteiger partial charge in [0.2, 0.25) is 5.13 Å². The maximum Gasteiger partial charge on any atom is 0.257 e. The zero-order chi connectivity index (χ0) is 19.3. The third-order valence-electron chi connectivity index (χ3n) is 4.73. The Morgan fingerprint density at radius 1 is 1.14 bits per heavy atom. The third kappa shape index (κ3) is 4.60. The van der Waals surface area contributed by atoms with Crippen LogP contribution >= 0.6 is 23.1 Å². The molecule has 2 heterocycles. The van der Waals surface area contributed by atoms with E-state index in [-0.39, 0.29) is 5.91 Å². The Kier molecular flexibility index (Phi) is 6.04. The quantitative estimate of drug-likeness (QED) is 0.480. The number of carbonyl (C=O) groups excluding carboxylic acids is 1. The van der Waals surface area contributed by atoms with E-state index in [0.29, 0.717) is 10.7 Å². The summed E-state index contributed by atoms with van der Waals surface area (Å²) in [4.78, 5) is 14.9. The van der Waals surface area contributed by atoms with Crippen molar-refractivity contribution >= 4 is 34.1 Å². The second-order valence-corrected chi connectivity index (χ2v) is 9.18. The van der Waals surface area contributed by atoms with Crippen LogP contribution in [0.1, 0.15) is 34.0 Å². The minimum atomic E-state index is -0.150. The Balaban J connectivity index is 1.35. The summed E-state index contributed by atoms with van der Waals surface area (Å²) in [6.07, 6.45) is 1.09. The predicted molar refractivity (Wildman–Crippen MR) is 115 cm³/mol. The molecular weight excluding hydrogens is 388 g/mol. The highest BCUT2D eigenvalue weighted by Gasteiger charge is 2.16. The number of nitrogens with one attached hydrogen (secondary N) is 1. The van der Waals surface area contributed by atoms with E-state index in [1.807, 2.05) is 24.3 Å². The van der Waals surface area contributed by atoms with Crippen molar-refractivity contribution < 1.29 is 4.79 Å². The molecule has 1 aliphatic heterocycles. The molecule has 0 spiro atoms. The van der Waals surface area contributed by atoms with Gasteiger partial charge in [0.15, 0.2) is 4.34 Å². The van der Waals surface area contributed by atoms with Crippen LogP contribution in [0.4, 0.5) is 5.13 Å². The number of carbonyl (C=O) groups is 1. The van der Waals surface area contributed by atoms with E-state index in [9.17, 15) is 4.79 Å². The van der Waals surface area contributed by atoms with Gasteiger partial charge in [-0.15, -0.1) is 10.2 Å². The van der Waals surface area contributed by atoms with Crippen molar-refractivity contribution in [1.82, 2.24) is 15.1 Å². The maximum atomic E-state index is 12.4. The molecule has 0 aliphatic carbocycles. The molecule has 0 saturated carbocycles. The summed E-state index contributed by atoms with van der Waals surface area (Å²) in [6, 6.07) is 16.5. The molecule has 0 atom stereocenters. The van der Waals surface area contributed by atoms with Crippen molar-refractivity contribution in [3.8, 4) is 0 Å². The molecule has 0 fully saturated rings. The van der Waals surface area contributed by atoms with E-state index in [1.165, 1.54) is 28.0 Å². The lowest BCUT2D eigenvalue weighted by Crippen LogP contribution is -2.29. The number of rotatable bonds is 6. The summed E-state index contributed by atoms with van der Waals surface area (Å²) >= 11 is 3.03. The van der Waals surface area contributed by atoms with E-state index < -0.39 is 0 Å². The molecule has 0 radical (unpaired) electrons. The molecule has 2 aromatic carbocycles. The van der Waals surface area contributed by atoms with Crippen LogP contribution in [-0.2, 0) is 19.5 Å². The molecule has 0 unspecified atom stereocenters. The van der Waals surface area contributed by atoms with Crippen molar-refractivity contribution in [3.05, 3.63) is 70.8 Å². The third-order valence-corrected chi connectivity index (χ3v) is 6.58. The van der Waals surface area contributed by atoms with Crippen LogP contribution < -0.4 is 5.32 Å². The molecular formula is C21H22N4OS2. The van der Waals surface area contributed by atoms with Crippen LogP contribution in [0.3, 0.4) is 0 Å². The molecule has 144 valence electrons. The fourth-order valence-electron chi connectivity index (χ4n) is 3.32. The highest BCUT2D eigenvalue weighted by atomic mass is 32.2. The van der Waals surface area contributed by atoms with Gasteiger partial charge in [-0.05, 0) is 41.0 Å². The van der Waals surface area contributed by atoms with Crippen LogP contribution in [-0.4, -0.2) is 33.3 Å². The molecule has 7 heteroatoms. The summed E-state index contributed by atoms with van der Waals surface area (Å²) in [5, 5.41) is 11.5. The Morgan fingerprint density at radius 2 is 1.93 bits per heavy atom. The lowest BCUT2D eigenvalue weighted by atomic mass is 9.99. The average molecular weight is 411 g/mol. The first-order valence-corrected chi connectivity index (χ1v) is 11.2. The summed E-state index contributed by atoms with van der Waals surface area (Å²) in [7, 11) is 0. The molecule has 4 rings (SSSR count). The SMILES string of the molecule is CCSc1nnc(NC(=O)c2ccc(CN3CCc4ccccc4C3)cc2)s1. The normalized spacial score (nSPS) is 13.9. The van der Waals surface area contributed by atoms with E-state index in [0.717, 1.165) is 36.1 Å². The monoisotopic (exact) mass is 410 g/mol. The Labute approximate surface area is 173 Å². The Morgan fingerprint density at radius 3 is 2.71 bits per heavy atom. The second-order valence-electron chi connectivity index (χ2n) is 6.69. The van der Waals surface area contributed by atoms with E-state index in [4.69, 9.17) is 0 Å². The number of amides is 1. The first-order chi connectivity index (χ1) is 13.7. The highest BCUT2D eigenvalue weighted by molar-refractivity contribution is 8.01. The summed E-state index contributed by atoms with van der Waals surface area (Å²) in [6.45, 7) is 5.00. The van der Waals surface area contributed by atoms with Gasteiger partial charge in [0.25, 0.3) is 5.91 Å². The van der Waals surface area contributed by atoms with Crippen LogP contribution in [0.25, 0.3) is 0 Å². The molecule has 1 N–H and O–H groups in total. The van der Waals surface area contributed by atoms with Crippen LogP contribution in [0.5, 0.6) is 0 Å². The van der Waals surface area contributed by atoms with Crippen LogP contribution in [0.15, 0.2) is 52.9 Å². The van der Waals surface area contributed by atoms with E-state index in [1.54, 1.807) is 11.8 Å². The van der Waals surface area contributed by atoms with Gasteiger partial charge >= 0.3 is 0 Å². The van der Waals surface area contributed by atoms with Crippen molar-refractivity contribution in [2.24, 2.45) is 0 Å². The van der Waals surface area contributed by atoms with Gasteiger partial charge in [-0.25, -0.2) is 0 Å². The molecule has 1 amide bonds. The maximum absolute atomic E-state index is 12.4. The topological polar surface area (TPSA) is 58.1 Å². The number of anilines is 1. The number of benzene rings is 2. The first kappa shape index (κ1) is 19.1. The van der Waals surface area contributed by atoms with Gasteiger partial charge in [0, 0.05) is 25.2 Å². The van der Waals surface area contributed by atoms with Crippen molar-refractivity contribution in [2.75, 3.05) is 17.6 Å². The van der Waals surface area contributed by atoms with Gasteiger partial charge in [-0.3, -0.25) is 15.0 Å². The van der Waals surface area contributed by atoms with Crippen molar-refractivity contribution in [3.63, 3.8) is 0 Å². The standard InChI is InChI=1S/C21H22N4OS2/c1-2-27-21-24-23-20(28-21)22-19(26)17-9-7-15(8-10-17)13-25-12-11-16-5-3-4-6-18(16)14-25/h3-10H,2,11-14H2,1H3,(H,22,23,26). The number of fused-ring (bicyclic) bond motifs is 1. The van der Waals surface area contributed by atoms with Gasteiger partial charge < -0.3 is 0 Å². The molecule has 3 aromatic rings. The Hall–Kier alpha value is -2.22. The molecule has 0 bridgehead atoms. The summed E-state index contributed by atoms with van der Waals surface area (Å²) < 4.78 is 0.872. The summed E-state index contributed by atoms with van der Waals surface area (Å²) in [5.74, 6) is 0.787. The number of thioether (sulfide) groups is 1. The van der Waals surface area contributed by atoms with Gasteiger partial charge in [0.1, 0.15) is 0 Å². The fourth-order valence-corrected chi connectivity index (χ4v) is 4.96. The van der Waals surface area contributed by atoms with Crippen molar-refractivity contribution in [1.29, 1.82) is 0 Å². The first-order valence-electron chi connectivity index (χ1n) is 9.37. The molecule has 1 aromatic heterocycles. The fraction of sp³-hybridized carbons (Fsp3) is 0.286. The zero-order valence-corrected chi connectivity index (χ0v) is 17.4. The van der Waals surface area contributed by atoms with E-state index in [2.05, 4.69) is 51.6 Å². The van der Waals surface area contributed by atoms with Crippen LogP contribution in [0.2, 0.25) is 0 Å². The number of aromatic nitrogens is 2. The molecule has 1 aliphatic rings. The smallest absolute Gasteiger partial charge is 0.257 e. The van der Waals surface area contributed by atoms with Crippen LogP contribution in [0, 0.1) is 0 Å². The largest absolute Gasteiger partial charge is 0.296 e. The van der Waals surface area contributed by atoms with Crippen molar-refractivity contribution in [2.45, 2.75) is 30.8 Å². The second kappa shape index (κ2) is 8.86. The lowest BCUT2D eigenvalue weighted by Gasteiger charge is -2.28. The molecule has 0 saturated heterocycles. The lowest BCUT2D eigenvalue weighted by molar-refractivity contribution is 0.102. The van der Waals surface area contributed by atoms with Gasteiger partial charge in [-0.1, -0.05) is 66.4 Å². The number of hydrogen-bond acceptors (Lipinski definition) is 6. The number of hydrogen-bond donors (Lipinski definition) is 1. The highest BCUT2D eigenvalue weighted by Crippen LogP contribution is 2.25. The zero-order valence-electron chi connectivity index (χ0n) is 15.7. The molecule has 5 nitrogen and oxygen atoms in total. The predicted octanol–water partition coefficient (Wildman–Crippen LogP) is 4.46. The minimum absolute atomic E-state index is 0.150. The van der Waals surface area contributed by atoms with Gasteiger partial charge in [-0.2, -0.15) is 0 Å². The molecule has 28 heavy (non-hydrogen) atoms.